The number of nitrogens with one attached hydrogen (secondary N) is 1. The number of ether oxygens (including phenoxy) is 2. The summed E-state index contributed by atoms with van der Waals surface area (Å²) in [4.78, 5) is 25.0. The van der Waals surface area contributed by atoms with Crippen LogP contribution in [0, 0.1) is 5.92 Å². The molecule has 2 unspecified atom stereocenters. The summed E-state index contributed by atoms with van der Waals surface area (Å²) in [5.41, 5.74) is 0.230. The van der Waals surface area contributed by atoms with Crippen LogP contribution in [-0.2, 0) is 14.3 Å². The maximum Gasteiger partial charge on any atom is 0.331 e. The van der Waals surface area contributed by atoms with Crippen LogP contribution in [0.4, 0.5) is 0 Å². The summed E-state index contributed by atoms with van der Waals surface area (Å²) < 4.78 is 10.4. The molecular formula is C19H25NO4. The molecule has 1 aromatic carbocycles. The van der Waals surface area contributed by atoms with Crippen molar-refractivity contribution in [1.82, 2.24) is 5.32 Å². The molecule has 5 nitrogen and oxygen atoms in total. The summed E-state index contributed by atoms with van der Waals surface area (Å²) in [7, 11) is 3.03. The predicted octanol–water partition coefficient (Wildman–Crippen LogP) is 2.79. The van der Waals surface area contributed by atoms with Crippen molar-refractivity contribution in [2.75, 3.05) is 14.2 Å². The van der Waals surface area contributed by atoms with E-state index in [1.807, 2.05) is 24.3 Å². The molecule has 1 aromatic rings. The summed E-state index contributed by atoms with van der Waals surface area (Å²) in [6.45, 7) is 0. The molecule has 0 aliphatic heterocycles. The van der Waals surface area contributed by atoms with Crippen molar-refractivity contribution in [1.29, 1.82) is 0 Å². The Bertz CT molecular complexity index is 622. The van der Waals surface area contributed by atoms with Gasteiger partial charge >= 0.3 is 5.97 Å². The second kappa shape index (κ2) is 6.83. The third kappa shape index (κ3) is 3.12. The smallest absolute Gasteiger partial charge is 0.331 e. The zero-order chi connectivity index (χ0) is 17.2. The van der Waals surface area contributed by atoms with Crippen LogP contribution in [0.1, 0.15) is 50.0 Å². The standard InChI is InChI=1S/C19H25NO4/c1-23-16-9-5-4-8-13(16)14-12-15(14)17(21)20-19(18(22)24-2)10-6-3-7-11-19/h4-5,8-9,14-15H,3,6-7,10-12H2,1-2H3,(H,20,21). The molecule has 2 saturated carbocycles. The van der Waals surface area contributed by atoms with Crippen LogP contribution in [0.2, 0.25) is 0 Å². The first-order valence-electron chi connectivity index (χ1n) is 8.64. The maximum atomic E-state index is 12.7. The third-order valence-corrected chi connectivity index (χ3v) is 5.31. The number of esters is 1. The largest absolute Gasteiger partial charge is 0.496 e. The zero-order valence-electron chi connectivity index (χ0n) is 14.3. The molecule has 2 fully saturated rings. The molecule has 5 heteroatoms. The topological polar surface area (TPSA) is 64.6 Å². The monoisotopic (exact) mass is 331 g/mol. The first kappa shape index (κ1) is 16.8. The van der Waals surface area contributed by atoms with Gasteiger partial charge in [0.25, 0.3) is 0 Å². The van der Waals surface area contributed by atoms with E-state index in [1.165, 1.54) is 7.11 Å². The van der Waals surface area contributed by atoms with Crippen molar-refractivity contribution in [3.8, 4) is 5.75 Å². The molecule has 24 heavy (non-hydrogen) atoms. The Morgan fingerprint density at radius 2 is 1.83 bits per heavy atom. The van der Waals surface area contributed by atoms with E-state index in [1.54, 1.807) is 7.11 Å². The SMILES string of the molecule is COC(=O)C1(NC(=O)C2CC2c2ccccc2OC)CCCCC1. The van der Waals surface area contributed by atoms with E-state index in [9.17, 15) is 9.59 Å². The van der Waals surface area contributed by atoms with Crippen LogP contribution in [0.15, 0.2) is 24.3 Å². The van der Waals surface area contributed by atoms with Gasteiger partial charge in [0.2, 0.25) is 5.91 Å². The second-order valence-corrected chi connectivity index (χ2v) is 6.81. The van der Waals surface area contributed by atoms with E-state index in [0.29, 0.717) is 12.8 Å². The van der Waals surface area contributed by atoms with Crippen LogP contribution in [0.25, 0.3) is 0 Å². The Labute approximate surface area is 142 Å². The average Bonchev–Trinajstić information content (AvgIpc) is 3.42. The number of carbonyl (C=O) groups is 2. The van der Waals surface area contributed by atoms with Crippen molar-refractivity contribution in [3.05, 3.63) is 29.8 Å². The van der Waals surface area contributed by atoms with E-state index >= 15 is 0 Å². The van der Waals surface area contributed by atoms with Crippen molar-refractivity contribution in [2.45, 2.75) is 50.0 Å². The van der Waals surface area contributed by atoms with Crippen molar-refractivity contribution >= 4 is 11.9 Å². The van der Waals surface area contributed by atoms with Gasteiger partial charge in [0, 0.05) is 5.92 Å². The fourth-order valence-corrected chi connectivity index (χ4v) is 3.86. The summed E-state index contributed by atoms with van der Waals surface area (Å²) in [5.74, 6) is 0.533. The van der Waals surface area contributed by atoms with Gasteiger partial charge in [-0.25, -0.2) is 4.79 Å². The Hall–Kier alpha value is -2.04. The highest BCUT2D eigenvalue weighted by Gasteiger charge is 2.49. The summed E-state index contributed by atoms with van der Waals surface area (Å²) >= 11 is 0. The first-order valence-corrected chi connectivity index (χ1v) is 8.64. The van der Waals surface area contributed by atoms with Gasteiger partial charge in [-0.2, -0.15) is 0 Å². The number of rotatable bonds is 5. The van der Waals surface area contributed by atoms with Gasteiger partial charge in [0.1, 0.15) is 11.3 Å². The Balaban J connectivity index is 1.70. The number of benzene rings is 1. The quantitative estimate of drug-likeness (QED) is 0.843. The van der Waals surface area contributed by atoms with Crippen molar-refractivity contribution < 1.29 is 19.1 Å². The minimum absolute atomic E-state index is 0.0433. The molecule has 1 N–H and O–H groups in total. The number of hydrogen-bond donors (Lipinski definition) is 1. The van der Waals surface area contributed by atoms with Crippen LogP contribution in [0.5, 0.6) is 5.75 Å². The summed E-state index contributed by atoms with van der Waals surface area (Å²) in [5, 5.41) is 3.03. The molecular weight excluding hydrogens is 306 g/mol. The minimum Gasteiger partial charge on any atom is -0.496 e. The molecule has 3 rings (SSSR count). The van der Waals surface area contributed by atoms with Gasteiger partial charge in [-0.1, -0.05) is 37.5 Å². The molecule has 0 bridgehead atoms. The highest BCUT2D eigenvalue weighted by molar-refractivity contribution is 5.91. The molecule has 0 aromatic heterocycles. The minimum atomic E-state index is -0.835. The zero-order valence-corrected chi connectivity index (χ0v) is 14.3. The molecule has 0 radical (unpaired) electrons. The van der Waals surface area contributed by atoms with Gasteiger partial charge in [-0.05, 0) is 36.8 Å². The van der Waals surface area contributed by atoms with E-state index in [-0.39, 0.29) is 23.7 Å². The Kier molecular flexibility index (Phi) is 4.78. The van der Waals surface area contributed by atoms with E-state index in [0.717, 1.165) is 37.0 Å². The van der Waals surface area contributed by atoms with Crippen molar-refractivity contribution in [2.24, 2.45) is 5.92 Å². The van der Waals surface area contributed by atoms with Gasteiger partial charge < -0.3 is 14.8 Å². The van der Waals surface area contributed by atoms with Gasteiger partial charge in [0.05, 0.1) is 14.2 Å². The number of para-hydroxylation sites is 1. The van der Waals surface area contributed by atoms with Crippen LogP contribution < -0.4 is 10.1 Å². The fourth-order valence-electron chi connectivity index (χ4n) is 3.86. The normalized spacial score (nSPS) is 24.8. The highest BCUT2D eigenvalue weighted by Crippen LogP contribution is 2.50. The summed E-state index contributed by atoms with van der Waals surface area (Å²) in [6, 6.07) is 7.81. The summed E-state index contributed by atoms with van der Waals surface area (Å²) in [6.07, 6.45) is 5.10. The van der Waals surface area contributed by atoms with Crippen LogP contribution in [0.3, 0.4) is 0 Å². The van der Waals surface area contributed by atoms with Gasteiger partial charge in [0.15, 0.2) is 0 Å². The number of methoxy groups -OCH3 is 2. The predicted molar refractivity (Wildman–Crippen MR) is 89.8 cm³/mol. The molecule has 2 atom stereocenters. The molecule has 0 spiro atoms. The lowest BCUT2D eigenvalue weighted by Gasteiger charge is -2.35. The average molecular weight is 331 g/mol. The van der Waals surface area contributed by atoms with Gasteiger partial charge in [-0.3, -0.25) is 4.79 Å². The second-order valence-electron chi connectivity index (χ2n) is 6.81. The van der Waals surface area contributed by atoms with Gasteiger partial charge in [-0.15, -0.1) is 0 Å². The van der Waals surface area contributed by atoms with Crippen LogP contribution >= 0.6 is 0 Å². The van der Waals surface area contributed by atoms with E-state index < -0.39 is 5.54 Å². The highest BCUT2D eigenvalue weighted by atomic mass is 16.5. The Morgan fingerprint density at radius 3 is 2.50 bits per heavy atom. The first-order chi connectivity index (χ1) is 11.6. The number of hydrogen-bond acceptors (Lipinski definition) is 4. The number of amides is 1. The lowest BCUT2D eigenvalue weighted by Crippen LogP contribution is -2.56. The maximum absolute atomic E-state index is 12.7. The number of carbonyl (C=O) groups excluding carboxylic acids is 2. The molecule has 0 saturated heterocycles. The van der Waals surface area contributed by atoms with E-state index in [2.05, 4.69) is 5.32 Å². The van der Waals surface area contributed by atoms with Crippen molar-refractivity contribution in [3.63, 3.8) is 0 Å². The molecule has 2 aliphatic carbocycles. The lowest BCUT2D eigenvalue weighted by atomic mass is 9.81. The Morgan fingerprint density at radius 1 is 1.12 bits per heavy atom. The third-order valence-electron chi connectivity index (χ3n) is 5.31. The fraction of sp³-hybridized carbons (Fsp3) is 0.579. The lowest BCUT2D eigenvalue weighted by molar-refractivity contribution is -0.152. The molecule has 130 valence electrons. The molecule has 2 aliphatic rings. The molecule has 1 amide bonds. The van der Waals surface area contributed by atoms with E-state index in [4.69, 9.17) is 9.47 Å². The molecule has 0 heterocycles. The van der Waals surface area contributed by atoms with Crippen LogP contribution in [-0.4, -0.2) is 31.6 Å².